The first-order chi connectivity index (χ1) is 9.52. The third kappa shape index (κ3) is 3.32. The van der Waals surface area contributed by atoms with E-state index in [1.807, 2.05) is 18.2 Å². The molecule has 0 heterocycles. The molecule has 2 aromatic rings. The number of hydrogen-bond donors (Lipinski definition) is 1. The van der Waals surface area contributed by atoms with Gasteiger partial charge in [0.25, 0.3) is 0 Å². The fourth-order valence-electron chi connectivity index (χ4n) is 2.01. The van der Waals surface area contributed by atoms with Gasteiger partial charge in [-0.1, -0.05) is 29.8 Å². The molecule has 106 valence electrons. The van der Waals surface area contributed by atoms with Crippen molar-refractivity contribution in [3.05, 3.63) is 62.8 Å². The van der Waals surface area contributed by atoms with Gasteiger partial charge < -0.3 is 10.5 Å². The molecule has 20 heavy (non-hydrogen) atoms. The molecule has 0 aliphatic heterocycles. The molecule has 0 radical (unpaired) electrons. The molecule has 0 spiro atoms. The zero-order valence-electron chi connectivity index (χ0n) is 10.9. The molecule has 0 aromatic heterocycles. The number of methoxy groups -OCH3 is 1. The summed E-state index contributed by atoms with van der Waals surface area (Å²) in [4.78, 5) is 0. The monoisotopic (exact) mass is 357 g/mol. The van der Waals surface area contributed by atoms with Gasteiger partial charge in [0.15, 0.2) is 0 Å². The molecular weight excluding hydrogens is 345 g/mol. The molecule has 0 fully saturated rings. The van der Waals surface area contributed by atoms with E-state index in [9.17, 15) is 4.39 Å². The lowest BCUT2D eigenvalue weighted by molar-refractivity contribution is 0.412. The standard InChI is InChI=1S/C15H14BrClFNO/c1-20-14-6-5-9(7-11(14)16)8-13(19)10-3-2-4-12(17)15(10)18/h2-7,13H,8,19H2,1H3. The van der Waals surface area contributed by atoms with Crippen LogP contribution in [-0.2, 0) is 6.42 Å². The third-order valence-corrected chi connectivity index (χ3v) is 3.96. The van der Waals surface area contributed by atoms with E-state index < -0.39 is 11.9 Å². The Hall–Kier alpha value is -1.10. The summed E-state index contributed by atoms with van der Waals surface area (Å²) in [6, 6.07) is 10.1. The van der Waals surface area contributed by atoms with E-state index in [1.165, 1.54) is 6.07 Å². The van der Waals surface area contributed by atoms with Crippen LogP contribution in [0.2, 0.25) is 5.02 Å². The quantitative estimate of drug-likeness (QED) is 0.874. The average Bonchev–Trinajstić information content (AvgIpc) is 2.42. The Morgan fingerprint density at radius 2 is 2.10 bits per heavy atom. The molecule has 2 rings (SSSR count). The lowest BCUT2D eigenvalue weighted by atomic mass is 9.99. The van der Waals surface area contributed by atoms with Crippen molar-refractivity contribution in [1.29, 1.82) is 0 Å². The molecule has 2 nitrogen and oxygen atoms in total. The zero-order chi connectivity index (χ0) is 14.7. The van der Waals surface area contributed by atoms with Gasteiger partial charge in [-0.25, -0.2) is 4.39 Å². The van der Waals surface area contributed by atoms with Crippen LogP contribution >= 0.6 is 27.5 Å². The molecule has 0 bridgehead atoms. The van der Waals surface area contributed by atoms with Crippen LogP contribution in [0.25, 0.3) is 0 Å². The minimum atomic E-state index is -0.450. The lowest BCUT2D eigenvalue weighted by Gasteiger charge is -2.14. The average molecular weight is 359 g/mol. The van der Waals surface area contributed by atoms with E-state index in [-0.39, 0.29) is 5.02 Å². The van der Waals surface area contributed by atoms with Gasteiger partial charge in [-0.2, -0.15) is 0 Å². The van der Waals surface area contributed by atoms with Gasteiger partial charge >= 0.3 is 0 Å². The topological polar surface area (TPSA) is 35.2 Å². The molecule has 2 N–H and O–H groups in total. The Kier molecular flexibility index (Phi) is 5.02. The Bertz CT molecular complexity index is 621. The van der Waals surface area contributed by atoms with Crippen molar-refractivity contribution >= 4 is 27.5 Å². The van der Waals surface area contributed by atoms with Gasteiger partial charge in [0.2, 0.25) is 0 Å². The van der Waals surface area contributed by atoms with Crippen LogP contribution in [0.1, 0.15) is 17.2 Å². The number of ether oxygens (including phenoxy) is 1. The number of hydrogen-bond acceptors (Lipinski definition) is 2. The van der Waals surface area contributed by atoms with Gasteiger partial charge in [-0.05, 0) is 46.1 Å². The van der Waals surface area contributed by atoms with Crippen LogP contribution in [0.4, 0.5) is 4.39 Å². The highest BCUT2D eigenvalue weighted by molar-refractivity contribution is 9.10. The maximum atomic E-state index is 13.9. The van der Waals surface area contributed by atoms with Crippen LogP contribution in [0.3, 0.4) is 0 Å². The maximum Gasteiger partial charge on any atom is 0.146 e. The Morgan fingerprint density at radius 1 is 1.35 bits per heavy atom. The zero-order valence-corrected chi connectivity index (χ0v) is 13.2. The second kappa shape index (κ2) is 6.57. The summed E-state index contributed by atoms with van der Waals surface area (Å²) in [5, 5.41) is 0.0915. The van der Waals surface area contributed by atoms with Crippen LogP contribution in [-0.4, -0.2) is 7.11 Å². The Balaban J connectivity index is 2.21. The fourth-order valence-corrected chi connectivity index (χ4v) is 2.78. The summed E-state index contributed by atoms with van der Waals surface area (Å²) < 4.78 is 19.9. The van der Waals surface area contributed by atoms with E-state index in [2.05, 4.69) is 15.9 Å². The van der Waals surface area contributed by atoms with E-state index >= 15 is 0 Å². The van der Waals surface area contributed by atoms with Crippen molar-refractivity contribution in [2.75, 3.05) is 7.11 Å². The Morgan fingerprint density at radius 3 is 2.75 bits per heavy atom. The predicted molar refractivity (Wildman–Crippen MR) is 82.7 cm³/mol. The molecule has 2 aromatic carbocycles. The Labute approximate surface area is 130 Å². The molecule has 0 amide bonds. The summed E-state index contributed by atoms with van der Waals surface area (Å²) in [6.45, 7) is 0. The molecule has 1 unspecified atom stereocenters. The van der Waals surface area contributed by atoms with Gasteiger partial charge in [-0.15, -0.1) is 0 Å². The maximum absolute atomic E-state index is 13.9. The number of halogens is 3. The van der Waals surface area contributed by atoms with Crippen molar-refractivity contribution in [2.45, 2.75) is 12.5 Å². The molecular formula is C15H14BrClFNO. The molecule has 5 heteroatoms. The van der Waals surface area contributed by atoms with E-state index in [0.29, 0.717) is 12.0 Å². The van der Waals surface area contributed by atoms with Crippen molar-refractivity contribution in [3.8, 4) is 5.75 Å². The third-order valence-electron chi connectivity index (χ3n) is 3.05. The molecule has 1 atom stereocenters. The second-order valence-electron chi connectivity index (χ2n) is 4.42. The summed E-state index contributed by atoms with van der Waals surface area (Å²) in [5.41, 5.74) is 7.48. The van der Waals surface area contributed by atoms with Crippen molar-refractivity contribution in [2.24, 2.45) is 5.73 Å². The molecule has 0 saturated heterocycles. The highest BCUT2D eigenvalue weighted by atomic mass is 79.9. The number of nitrogens with two attached hydrogens (primary N) is 1. The first kappa shape index (κ1) is 15.3. The summed E-state index contributed by atoms with van der Waals surface area (Å²) in [6.07, 6.45) is 0.514. The molecule has 0 aliphatic rings. The molecule has 0 saturated carbocycles. The molecule has 0 aliphatic carbocycles. The van der Waals surface area contributed by atoms with Gasteiger partial charge in [0.05, 0.1) is 16.6 Å². The van der Waals surface area contributed by atoms with Crippen molar-refractivity contribution in [1.82, 2.24) is 0 Å². The van der Waals surface area contributed by atoms with Gasteiger partial charge in [0, 0.05) is 11.6 Å². The fraction of sp³-hybridized carbons (Fsp3) is 0.200. The predicted octanol–water partition coefficient (Wildman–Crippen LogP) is 4.49. The van der Waals surface area contributed by atoms with Crippen LogP contribution in [0, 0.1) is 5.82 Å². The lowest BCUT2D eigenvalue weighted by Crippen LogP contribution is -2.15. The van der Waals surface area contributed by atoms with E-state index in [1.54, 1.807) is 19.2 Å². The SMILES string of the molecule is COc1ccc(CC(N)c2cccc(Cl)c2F)cc1Br. The van der Waals surface area contributed by atoms with Crippen LogP contribution in [0.15, 0.2) is 40.9 Å². The van der Waals surface area contributed by atoms with Gasteiger partial charge in [0.1, 0.15) is 11.6 Å². The highest BCUT2D eigenvalue weighted by Crippen LogP contribution is 2.28. The first-order valence-corrected chi connectivity index (χ1v) is 7.22. The van der Waals surface area contributed by atoms with Crippen molar-refractivity contribution in [3.63, 3.8) is 0 Å². The van der Waals surface area contributed by atoms with Crippen LogP contribution in [0.5, 0.6) is 5.75 Å². The second-order valence-corrected chi connectivity index (χ2v) is 5.68. The highest BCUT2D eigenvalue weighted by Gasteiger charge is 2.14. The number of benzene rings is 2. The minimum Gasteiger partial charge on any atom is -0.496 e. The minimum absolute atomic E-state index is 0.0915. The largest absolute Gasteiger partial charge is 0.496 e. The number of rotatable bonds is 4. The smallest absolute Gasteiger partial charge is 0.146 e. The first-order valence-electron chi connectivity index (χ1n) is 6.05. The van der Waals surface area contributed by atoms with Crippen LogP contribution < -0.4 is 10.5 Å². The van der Waals surface area contributed by atoms with E-state index in [0.717, 1.165) is 15.8 Å². The van der Waals surface area contributed by atoms with Gasteiger partial charge in [-0.3, -0.25) is 0 Å². The summed E-state index contributed by atoms with van der Waals surface area (Å²) in [7, 11) is 1.60. The normalized spacial score (nSPS) is 12.2. The van der Waals surface area contributed by atoms with E-state index in [4.69, 9.17) is 22.1 Å². The van der Waals surface area contributed by atoms with Crippen molar-refractivity contribution < 1.29 is 9.13 Å². The summed E-state index contributed by atoms with van der Waals surface area (Å²) >= 11 is 9.19. The summed E-state index contributed by atoms with van der Waals surface area (Å²) in [5.74, 6) is 0.297.